The van der Waals surface area contributed by atoms with Crippen LogP contribution in [0.3, 0.4) is 0 Å². The third kappa shape index (κ3) is 20.9. The van der Waals surface area contributed by atoms with E-state index in [-0.39, 0.29) is 7.92 Å². The molecular weight excluding hydrogens is 463 g/mol. The van der Waals surface area contributed by atoms with Gasteiger partial charge in [0.05, 0.1) is 0 Å². The predicted octanol–water partition coefficient (Wildman–Crippen LogP) is 12.9. The van der Waals surface area contributed by atoms with E-state index < -0.39 is 0 Å². The van der Waals surface area contributed by atoms with Crippen LogP contribution in [0.4, 0.5) is 0 Å². The Balaban J connectivity index is 5.50. The summed E-state index contributed by atoms with van der Waals surface area (Å²) in [5.74, 6) is 2.48. The van der Waals surface area contributed by atoms with Gasteiger partial charge in [-0.05, 0) is 107 Å². The molecular formula is C36H75P. The molecule has 0 radical (unpaired) electrons. The van der Waals surface area contributed by atoms with Crippen molar-refractivity contribution in [1.82, 2.24) is 0 Å². The van der Waals surface area contributed by atoms with Crippen LogP contribution < -0.4 is 0 Å². The fourth-order valence-electron chi connectivity index (χ4n) is 9.09. The molecule has 0 saturated heterocycles. The predicted molar refractivity (Wildman–Crippen MR) is 176 cm³/mol. The smallest absolute Gasteiger partial charge is 0.0300 e. The maximum Gasteiger partial charge on any atom is -0.0300 e. The highest BCUT2D eigenvalue weighted by atomic mass is 31.1. The van der Waals surface area contributed by atoms with Gasteiger partial charge in [-0.15, -0.1) is 7.92 Å². The average Bonchev–Trinajstić information content (AvgIpc) is 2.43. The van der Waals surface area contributed by atoms with E-state index in [4.69, 9.17) is 0 Å². The van der Waals surface area contributed by atoms with Gasteiger partial charge < -0.3 is 0 Å². The zero-order chi connectivity index (χ0) is 29.7. The summed E-state index contributed by atoms with van der Waals surface area (Å²) < 4.78 is 0. The summed E-state index contributed by atoms with van der Waals surface area (Å²) in [7, 11) is 0.0628. The molecule has 0 aromatic heterocycles. The molecule has 0 aromatic carbocycles. The molecule has 0 spiro atoms. The molecule has 0 nitrogen and oxygen atoms in total. The summed E-state index contributed by atoms with van der Waals surface area (Å²) in [6.07, 6.45) is 12.5. The molecule has 0 aliphatic carbocycles. The topological polar surface area (TPSA) is 0 Å². The highest BCUT2D eigenvalue weighted by molar-refractivity contribution is 7.57. The summed E-state index contributed by atoms with van der Waals surface area (Å²) in [6, 6.07) is 0. The Hall–Kier alpha value is 0.430. The van der Waals surface area contributed by atoms with E-state index >= 15 is 0 Å². The lowest BCUT2D eigenvalue weighted by atomic mass is 9.72. The molecule has 0 fully saturated rings. The highest BCUT2D eigenvalue weighted by Gasteiger charge is 2.32. The Morgan fingerprint density at radius 3 is 0.730 bits per heavy atom. The van der Waals surface area contributed by atoms with Crippen molar-refractivity contribution in [3.8, 4) is 0 Å². The van der Waals surface area contributed by atoms with Crippen molar-refractivity contribution in [1.29, 1.82) is 0 Å². The van der Waals surface area contributed by atoms with Gasteiger partial charge in [-0.3, -0.25) is 0 Å². The van der Waals surface area contributed by atoms with Crippen LogP contribution in [0, 0.1) is 50.2 Å². The third-order valence-corrected chi connectivity index (χ3v) is 10.9. The Morgan fingerprint density at radius 1 is 0.378 bits per heavy atom. The van der Waals surface area contributed by atoms with Crippen LogP contribution >= 0.6 is 7.92 Å². The molecule has 0 bridgehead atoms. The normalized spacial score (nSPS) is 18.0. The SMILES string of the molecule is CC(CP(CC(C)CC(C)(C)CC(C)(C)C)CC(C)CC(C)(C)CC(C)(C)C)CC(C)(C)CC(C)(C)C. The second kappa shape index (κ2) is 13.9. The van der Waals surface area contributed by atoms with Crippen molar-refractivity contribution < 1.29 is 0 Å². The Labute approximate surface area is 239 Å². The summed E-state index contributed by atoms with van der Waals surface area (Å²) in [4.78, 5) is 0. The first-order valence-corrected chi connectivity index (χ1v) is 17.7. The summed E-state index contributed by atoms with van der Waals surface area (Å²) >= 11 is 0. The minimum Gasteiger partial charge on any atom is -0.106 e. The summed E-state index contributed by atoms with van der Waals surface area (Å²) in [6.45, 7) is 44.5. The van der Waals surface area contributed by atoms with E-state index in [1.165, 1.54) is 57.0 Å². The lowest BCUT2D eigenvalue weighted by molar-refractivity contribution is 0.178. The van der Waals surface area contributed by atoms with Crippen LogP contribution in [0.5, 0.6) is 0 Å². The molecule has 0 heterocycles. The molecule has 1 heteroatoms. The molecule has 0 N–H and O–H groups in total. The number of rotatable bonds is 15. The Bertz CT molecular complexity index is 541. The van der Waals surface area contributed by atoms with Crippen LogP contribution in [-0.4, -0.2) is 18.5 Å². The van der Waals surface area contributed by atoms with Crippen molar-refractivity contribution in [2.24, 2.45) is 50.2 Å². The first-order valence-electron chi connectivity index (χ1n) is 15.8. The first-order chi connectivity index (χ1) is 16.1. The van der Waals surface area contributed by atoms with E-state index in [1.54, 1.807) is 0 Å². The first kappa shape index (κ1) is 37.4. The summed E-state index contributed by atoms with van der Waals surface area (Å²) in [5, 5.41) is 0. The second-order valence-electron chi connectivity index (χ2n) is 19.9. The Kier molecular flexibility index (Phi) is 14.0. The molecule has 0 rings (SSSR count). The maximum absolute atomic E-state index is 2.57. The van der Waals surface area contributed by atoms with Gasteiger partial charge in [0, 0.05) is 0 Å². The van der Waals surface area contributed by atoms with E-state index in [0.717, 1.165) is 17.8 Å². The van der Waals surface area contributed by atoms with Crippen molar-refractivity contribution in [3.05, 3.63) is 0 Å². The lowest BCUT2D eigenvalue weighted by Crippen LogP contribution is -2.26. The minimum absolute atomic E-state index is 0.0628. The zero-order valence-electron chi connectivity index (χ0n) is 29.5. The van der Waals surface area contributed by atoms with Gasteiger partial charge in [0.2, 0.25) is 0 Å². The van der Waals surface area contributed by atoms with Gasteiger partial charge in [-0.1, -0.05) is 125 Å². The van der Waals surface area contributed by atoms with Gasteiger partial charge in [0.25, 0.3) is 0 Å². The minimum atomic E-state index is 0.0628. The molecule has 224 valence electrons. The molecule has 3 unspecified atom stereocenters. The fraction of sp³-hybridized carbons (Fsp3) is 1.00. The van der Waals surface area contributed by atoms with Crippen LogP contribution in [0.25, 0.3) is 0 Å². The lowest BCUT2D eigenvalue weighted by Gasteiger charge is -2.38. The monoisotopic (exact) mass is 539 g/mol. The average molecular weight is 539 g/mol. The molecule has 0 aromatic rings. The molecule has 37 heavy (non-hydrogen) atoms. The van der Waals surface area contributed by atoms with Gasteiger partial charge in [0.15, 0.2) is 0 Å². The van der Waals surface area contributed by atoms with Gasteiger partial charge in [-0.2, -0.15) is 0 Å². The van der Waals surface area contributed by atoms with E-state index in [1.807, 2.05) is 0 Å². The van der Waals surface area contributed by atoms with Crippen molar-refractivity contribution >= 4 is 7.92 Å². The van der Waals surface area contributed by atoms with Crippen LogP contribution in [0.1, 0.15) is 163 Å². The van der Waals surface area contributed by atoms with Crippen LogP contribution in [0.2, 0.25) is 0 Å². The quantitative estimate of drug-likeness (QED) is 0.182. The zero-order valence-corrected chi connectivity index (χ0v) is 30.4. The second-order valence-corrected chi connectivity index (χ2v) is 22.3. The number of hydrogen-bond donors (Lipinski definition) is 0. The molecule has 0 amide bonds. The van der Waals surface area contributed by atoms with Crippen molar-refractivity contribution in [3.63, 3.8) is 0 Å². The molecule has 0 aliphatic rings. The third-order valence-electron chi connectivity index (χ3n) is 7.44. The van der Waals surface area contributed by atoms with Crippen LogP contribution in [0.15, 0.2) is 0 Å². The van der Waals surface area contributed by atoms with E-state index in [0.29, 0.717) is 32.5 Å². The van der Waals surface area contributed by atoms with E-state index in [9.17, 15) is 0 Å². The largest absolute Gasteiger partial charge is 0.106 e. The molecule has 3 atom stereocenters. The summed E-state index contributed by atoms with van der Waals surface area (Å²) in [5.41, 5.74) is 2.52. The highest BCUT2D eigenvalue weighted by Crippen LogP contribution is 2.49. The van der Waals surface area contributed by atoms with Gasteiger partial charge in [-0.25, -0.2) is 0 Å². The standard InChI is InChI=1S/C36H75P/c1-28(19-34(13,14)25-31(4,5)6)22-37(23-29(2)20-35(15,16)26-32(7,8)9)24-30(3)21-36(17,18)27-33(10,11)12/h28-30H,19-27H2,1-18H3. The van der Waals surface area contributed by atoms with Crippen LogP contribution in [-0.2, 0) is 0 Å². The van der Waals surface area contributed by atoms with E-state index in [2.05, 4.69) is 125 Å². The van der Waals surface area contributed by atoms with Gasteiger partial charge in [0.1, 0.15) is 0 Å². The maximum atomic E-state index is 2.57. The van der Waals surface area contributed by atoms with Crippen molar-refractivity contribution in [2.45, 2.75) is 163 Å². The number of hydrogen-bond acceptors (Lipinski definition) is 0. The fourth-order valence-corrected chi connectivity index (χ4v) is 12.6. The van der Waals surface area contributed by atoms with Gasteiger partial charge >= 0.3 is 0 Å². The molecule has 0 aliphatic heterocycles. The molecule has 0 saturated carbocycles. The Morgan fingerprint density at radius 2 is 0.568 bits per heavy atom. The van der Waals surface area contributed by atoms with Crippen molar-refractivity contribution in [2.75, 3.05) is 18.5 Å².